The van der Waals surface area contributed by atoms with Crippen LogP contribution in [0.25, 0.3) is 0 Å². The Kier molecular flexibility index (Phi) is 4.55. The predicted molar refractivity (Wildman–Crippen MR) is 69.7 cm³/mol. The summed E-state index contributed by atoms with van der Waals surface area (Å²) >= 11 is 0. The Hall–Kier alpha value is -2.11. The molecular weight excluding hydrogens is 262 g/mol. The van der Waals surface area contributed by atoms with E-state index < -0.39 is 6.16 Å². The fraction of sp³-hybridized carbons (Fsp3) is 0.500. The van der Waals surface area contributed by atoms with Crippen LogP contribution in [0.5, 0.6) is 0 Å². The molecule has 1 aliphatic carbocycles. The van der Waals surface area contributed by atoms with Crippen molar-refractivity contribution in [3.63, 3.8) is 0 Å². The average molecular weight is 279 g/mol. The SMILES string of the molecule is C=CCOC(=O)OCCN1C(=O)C2=C(CCCC2)C1=O. The molecule has 0 aromatic rings. The van der Waals surface area contributed by atoms with Crippen molar-refractivity contribution in [1.29, 1.82) is 0 Å². The molecule has 0 fully saturated rings. The fourth-order valence-electron chi connectivity index (χ4n) is 2.39. The number of hydrogen-bond acceptors (Lipinski definition) is 5. The zero-order valence-electron chi connectivity index (χ0n) is 11.2. The van der Waals surface area contributed by atoms with Crippen LogP contribution in [0.3, 0.4) is 0 Å². The third-order valence-corrected chi connectivity index (χ3v) is 3.33. The van der Waals surface area contributed by atoms with Gasteiger partial charge in [-0.2, -0.15) is 0 Å². The molecule has 20 heavy (non-hydrogen) atoms. The molecule has 0 saturated heterocycles. The van der Waals surface area contributed by atoms with E-state index in [-0.39, 0.29) is 31.6 Å². The van der Waals surface area contributed by atoms with Crippen LogP contribution in [0, 0.1) is 0 Å². The molecule has 0 spiro atoms. The molecule has 0 aromatic heterocycles. The van der Waals surface area contributed by atoms with Crippen molar-refractivity contribution in [1.82, 2.24) is 4.90 Å². The minimum Gasteiger partial charge on any atom is -0.432 e. The van der Waals surface area contributed by atoms with Gasteiger partial charge in [0.2, 0.25) is 0 Å². The normalized spacial score (nSPS) is 18.1. The summed E-state index contributed by atoms with van der Waals surface area (Å²) < 4.78 is 9.41. The smallest absolute Gasteiger partial charge is 0.432 e. The van der Waals surface area contributed by atoms with Crippen LogP contribution in [0.1, 0.15) is 25.7 Å². The molecular formula is C14H17NO5. The van der Waals surface area contributed by atoms with Crippen molar-refractivity contribution >= 4 is 18.0 Å². The summed E-state index contributed by atoms with van der Waals surface area (Å²) in [5.41, 5.74) is 1.27. The first kappa shape index (κ1) is 14.3. The van der Waals surface area contributed by atoms with Gasteiger partial charge in [0.05, 0.1) is 6.54 Å². The minimum absolute atomic E-state index is 0.0615. The lowest BCUT2D eigenvalue weighted by molar-refractivity contribution is -0.138. The summed E-state index contributed by atoms with van der Waals surface area (Å²) in [6.07, 6.45) is 3.80. The van der Waals surface area contributed by atoms with E-state index in [1.165, 1.54) is 6.08 Å². The lowest BCUT2D eigenvalue weighted by Crippen LogP contribution is -2.35. The predicted octanol–water partition coefficient (Wildman–Crippen LogP) is 1.56. The van der Waals surface area contributed by atoms with Crippen molar-refractivity contribution in [3.05, 3.63) is 23.8 Å². The highest BCUT2D eigenvalue weighted by molar-refractivity contribution is 6.19. The van der Waals surface area contributed by atoms with Crippen molar-refractivity contribution in [2.45, 2.75) is 25.7 Å². The van der Waals surface area contributed by atoms with Gasteiger partial charge in [-0.15, -0.1) is 0 Å². The summed E-state index contributed by atoms with van der Waals surface area (Å²) in [7, 11) is 0. The number of amides is 2. The molecule has 2 amide bonds. The van der Waals surface area contributed by atoms with Crippen molar-refractivity contribution in [3.8, 4) is 0 Å². The van der Waals surface area contributed by atoms with Crippen LogP contribution >= 0.6 is 0 Å². The quantitative estimate of drug-likeness (QED) is 0.434. The molecule has 0 atom stereocenters. The maximum absolute atomic E-state index is 12.1. The molecule has 1 heterocycles. The van der Waals surface area contributed by atoms with Gasteiger partial charge in [0, 0.05) is 11.1 Å². The third-order valence-electron chi connectivity index (χ3n) is 3.33. The van der Waals surface area contributed by atoms with E-state index in [1.807, 2.05) is 0 Å². The number of hydrogen-bond donors (Lipinski definition) is 0. The van der Waals surface area contributed by atoms with Gasteiger partial charge >= 0.3 is 6.16 Å². The zero-order chi connectivity index (χ0) is 14.5. The Morgan fingerprint density at radius 1 is 1.15 bits per heavy atom. The molecule has 6 heteroatoms. The maximum atomic E-state index is 12.1. The Labute approximate surface area is 117 Å². The molecule has 0 unspecified atom stereocenters. The molecule has 0 saturated carbocycles. The van der Waals surface area contributed by atoms with E-state index in [2.05, 4.69) is 11.3 Å². The first-order chi connectivity index (χ1) is 9.65. The van der Waals surface area contributed by atoms with Crippen LogP contribution in [0.2, 0.25) is 0 Å². The molecule has 1 aliphatic heterocycles. The van der Waals surface area contributed by atoms with E-state index in [1.54, 1.807) is 0 Å². The molecule has 108 valence electrons. The van der Waals surface area contributed by atoms with E-state index >= 15 is 0 Å². The van der Waals surface area contributed by atoms with E-state index in [9.17, 15) is 14.4 Å². The van der Waals surface area contributed by atoms with Crippen LogP contribution in [-0.4, -0.2) is 42.6 Å². The van der Waals surface area contributed by atoms with E-state index in [0.717, 1.165) is 17.7 Å². The second kappa shape index (κ2) is 6.36. The zero-order valence-corrected chi connectivity index (χ0v) is 11.2. The van der Waals surface area contributed by atoms with Gasteiger partial charge in [0.15, 0.2) is 0 Å². The van der Waals surface area contributed by atoms with Crippen molar-refractivity contribution < 1.29 is 23.9 Å². The van der Waals surface area contributed by atoms with Gasteiger partial charge in [0.25, 0.3) is 11.8 Å². The second-order valence-corrected chi connectivity index (χ2v) is 4.62. The lowest BCUT2D eigenvalue weighted by atomic mass is 9.93. The molecule has 2 aliphatic rings. The summed E-state index contributed by atoms with van der Waals surface area (Å²) in [6, 6.07) is 0. The van der Waals surface area contributed by atoms with E-state index in [4.69, 9.17) is 4.74 Å². The Bertz CT molecular complexity index is 452. The Morgan fingerprint density at radius 2 is 1.75 bits per heavy atom. The summed E-state index contributed by atoms with van der Waals surface area (Å²) in [6.45, 7) is 3.47. The van der Waals surface area contributed by atoms with Crippen LogP contribution in [0.4, 0.5) is 4.79 Å². The average Bonchev–Trinajstić information content (AvgIpc) is 2.70. The molecule has 0 aromatic carbocycles. The van der Waals surface area contributed by atoms with Crippen molar-refractivity contribution in [2.24, 2.45) is 0 Å². The number of imide groups is 1. The minimum atomic E-state index is -0.832. The molecule has 0 bridgehead atoms. The topological polar surface area (TPSA) is 72.9 Å². The molecule has 0 radical (unpaired) electrons. The lowest BCUT2D eigenvalue weighted by Gasteiger charge is -2.14. The molecule has 0 N–H and O–H groups in total. The first-order valence-corrected chi connectivity index (χ1v) is 6.64. The summed E-state index contributed by atoms with van der Waals surface area (Å²) in [5, 5.41) is 0. The van der Waals surface area contributed by atoms with Crippen molar-refractivity contribution in [2.75, 3.05) is 19.8 Å². The second-order valence-electron chi connectivity index (χ2n) is 4.62. The summed E-state index contributed by atoms with van der Waals surface area (Å²) in [5.74, 6) is -0.486. The number of carbonyl (C=O) groups is 3. The highest BCUT2D eigenvalue weighted by atomic mass is 16.7. The highest BCUT2D eigenvalue weighted by Gasteiger charge is 2.38. The van der Waals surface area contributed by atoms with Gasteiger partial charge in [0.1, 0.15) is 13.2 Å². The van der Waals surface area contributed by atoms with E-state index in [0.29, 0.717) is 24.0 Å². The van der Waals surface area contributed by atoms with Crippen LogP contribution in [-0.2, 0) is 19.1 Å². The largest absolute Gasteiger partial charge is 0.508 e. The number of rotatable bonds is 5. The number of nitrogens with zero attached hydrogens (tertiary/aromatic N) is 1. The fourth-order valence-corrected chi connectivity index (χ4v) is 2.39. The highest BCUT2D eigenvalue weighted by Crippen LogP contribution is 2.32. The Morgan fingerprint density at radius 3 is 2.30 bits per heavy atom. The number of ether oxygens (including phenoxy) is 2. The van der Waals surface area contributed by atoms with Gasteiger partial charge in [-0.25, -0.2) is 4.79 Å². The number of carbonyl (C=O) groups excluding carboxylic acids is 3. The molecule has 2 rings (SSSR count). The van der Waals surface area contributed by atoms with Gasteiger partial charge in [-0.05, 0) is 25.7 Å². The first-order valence-electron chi connectivity index (χ1n) is 6.64. The Balaban J connectivity index is 1.83. The van der Waals surface area contributed by atoms with Crippen LogP contribution in [0.15, 0.2) is 23.8 Å². The summed E-state index contributed by atoms with van der Waals surface area (Å²) in [4.78, 5) is 36.4. The van der Waals surface area contributed by atoms with Crippen LogP contribution < -0.4 is 0 Å². The van der Waals surface area contributed by atoms with Gasteiger partial charge < -0.3 is 9.47 Å². The molecule has 6 nitrogen and oxygen atoms in total. The van der Waals surface area contributed by atoms with Gasteiger partial charge in [-0.3, -0.25) is 14.5 Å². The maximum Gasteiger partial charge on any atom is 0.508 e. The standard InChI is InChI=1S/C14H17NO5/c1-2-8-19-14(18)20-9-7-15-12(16)10-5-3-4-6-11(10)13(15)17/h2H,1,3-9H2. The monoisotopic (exact) mass is 279 g/mol. The van der Waals surface area contributed by atoms with Gasteiger partial charge in [-0.1, -0.05) is 12.7 Å². The third kappa shape index (κ3) is 2.89.